The molecule has 15 nitrogen and oxygen atoms in total. The van der Waals surface area contributed by atoms with Gasteiger partial charge in [-0.05, 0) is 12.8 Å². The molecule has 0 unspecified atom stereocenters. The van der Waals surface area contributed by atoms with Gasteiger partial charge in [0.05, 0.1) is 145 Å². The van der Waals surface area contributed by atoms with Gasteiger partial charge in [0, 0.05) is 12.8 Å². The normalized spacial score (nSPS) is 11.3. The SMILES string of the molecule is CCCC(=O)OCCOCCOCCOCCOCCOCCOCCOCCOCCOCCOCCOCCOC(=O)CCC. The fourth-order valence-corrected chi connectivity index (χ4v) is 3.28. The summed E-state index contributed by atoms with van der Waals surface area (Å²) in [6.45, 7) is 14.8. The minimum absolute atomic E-state index is 0.191. The van der Waals surface area contributed by atoms with E-state index in [-0.39, 0.29) is 25.2 Å². The van der Waals surface area contributed by atoms with Crippen LogP contribution in [0.15, 0.2) is 0 Å². The predicted octanol–water partition coefficient (Wildman–Crippen LogP) is 1.86. The van der Waals surface area contributed by atoms with Crippen molar-refractivity contribution < 1.29 is 71.2 Å². The molecule has 0 bridgehead atoms. The van der Waals surface area contributed by atoms with E-state index in [1.807, 2.05) is 13.8 Å². The molecule has 0 atom stereocenters. The van der Waals surface area contributed by atoms with Gasteiger partial charge in [0.2, 0.25) is 0 Å². The average Bonchev–Trinajstić information content (AvgIpc) is 3.06. The van der Waals surface area contributed by atoms with Crippen LogP contribution in [0.3, 0.4) is 0 Å². The van der Waals surface area contributed by atoms with Gasteiger partial charge < -0.3 is 61.6 Å². The number of carbonyl (C=O) groups is 2. The van der Waals surface area contributed by atoms with E-state index in [1.165, 1.54) is 0 Å². The quantitative estimate of drug-likeness (QED) is 0.0680. The van der Waals surface area contributed by atoms with Gasteiger partial charge in [-0.1, -0.05) is 13.8 Å². The Kier molecular flexibility index (Phi) is 39.4. The summed E-state index contributed by atoms with van der Waals surface area (Å²) in [7, 11) is 0. The van der Waals surface area contributed by atoms with Gasteiger partial charge in [-0.25, -0.2) is 0 Å². The first-order valence-electron chi connectivity index (χ1n) is 16.9. The smallest absolute Gasteiger partial charge is 0.305 e. The highest BCUT2D eigenvalue weighted by atomic mass is 16.6. The zero-order valence-corrected chi connectivity index (χ0v) is 28.9. The second-order valence-electron chi connectivity index (χ2n) is 9.68. The van der Waals surface area contributed by atoms with Crippen molar-refractivity contribution >= 4 is 11.9 Å². The summed E-state index contributed by atoms with van der Waals surface area (Å²) in [6, 6.07) is 0. The Morgan fingerprint density at radius 2 is 0.426 bits per heavy atom. The second-order valence-corrected chi connectivity index (χ2v) is 9.68. The largest absolute Gasteiger partial charge is 0.463 e. The predicted molar refractivity (Wildman–Crippen MR) is 171 cm³/mol. The molecule has 0 fully saturated rings. The fourth-order valence-electron chi connectivity index (χ4n) is 3.28. The summed E-state index contributed by atoms with van der Waals surface area (Å²) in [6.07, 6.45) is 2.44. The van der Waals surface area contributed by atoms with Gasteiger partial charge in [0.15, 0.2) is 0 Å². The first kappa shape index (κ1) is 45.5. The first-order valence-corrected chi connectivity index (χ1v) is 16.9. The van der Waals surface area contributed by atoms with Crippen molar-refractivity contribution in [1.82, 2.24) is 0 Å². The highest BCUT2D eigenvalue weighted by molar-refractivity contribution is 5.69. The van der Waals surface area contributed by atoms with Crippen LogP contribution in [-0.2, 0) is 71.2 Å². The molecule has 0 radical (unpaired) electrons. The van der Waals surface area contributed by atoms with Crippen LogP contribution in [0.25, 0.3) is 0 Å². The van der Waals surface area contributed by atoms with Gasteiger partial charge in [-0.2, -0.15) is 0 Å². The van der Waals surface area contributed by atoms with E-state index in [1.54, 1.807) is 0 Å². The highest BCUT2D eigenvalue weighted by Crippen LogP contribution is 1.92. The summed E-state index contributed by atoms with van der Waals surface area (Å²) in [5.41, 5.74) is 0. The Morgan fingerprint density at radius 3 is 0.574 bits per heavy atom. The van der Waals surface area contributed by atoms with Crippen molar-refractivity contribution in [3.8, 4) is 0 Å². The third kappa shape index (κ3) is 40.6. The third-order valence-electron chi connectivity index (χ3n) is 5.61. The van der Waals surface area contributed by atoms with E-state index in [9.17, 15) is 9.59 Å². The Labute approximate surface area is 281 Å². The van der Waals surface area contributed by atoms with Crippen LogP contribution in [0.2, 0.25) is 0 Å². The topological polar surface area (TPSA) is 154 Å². The fraction of sp³-hybridized carbons (Fsp3) is 0.938. The van der Waals surface area contributed by atoms with Crippen LogP contribution < -0.4 is 0 Å². The molecule has 0 aliphatic heterocycles. The molecule has 0 amide bonds. The monoisotopic (exact) mass is 686 g/mol. The minimum atomic E-state index is -0.191. The molecule has 0 aliphatic carbocycles. The Balaban J connectivity index is 3.08. The molecule has 0 saturated heterocycles. The standard InChI is InChI=1S/C32H62O15/c1-3-5-31(33)46-29-27-44-25-23-42-21-19-40-17-15-38-13-11-36-9-7-35-8-10-37-12-14-39-16-18-41-20-22-43-24-26-45-28-30-47-32(34)6-4-2/h3-30H2,1-2H3. The molecule has 0 aromatic rings. The molecule has 0 saturated carbocycles. The maximum atomic E-state index is 11.2. The Bertz CT molecular complexity index is 590. The number of hydrogen-bond donors (Lipinski definition) is 0. The van der Waals surface area contributed by atoms with Crippen LogP contribution >= 0.6 is 0 Å². The van der Waals surface area contributed by atoms with Gasteiger partial charge in [0.25, 0.3) is 0 Å². The number of carbonyl (C=O) groups excluding carboxylic acids is 2. The molecule has 0 rings (SSSR count). The number of esters is 2. The lowest BCUT2D eigenvalue weighted by atomic mass is 10.3. The summed E-state index contributed by atoms with van der Waals surface area (Å²) in [4.78, 5) is 22.4. The van der Waals surface area contributed by atoms with Gasteiger partial charge in [0.1, 0.15) is 13.2 Å². The third-order valence-corrected chi connectivity index (χ3v) is 5.61. The van der Waals surface area contributed by atoms with Crippen molar-refractivity contribution in [3.63, 3.8) is 0 Å². The summed E-state index contributed by atoms with van der Waals surface area (Å²) < 4.78 is 69.6. The van der Waals surface area contributed by atoms with Crippen molar-refractivity contribution in [2.45, 2.75) is 39.5 Å². The maximum Gasteiger partial charge on any atom is 0.305 e. The summed E-state index contributed by atoms with van der Waals surface area (Å²) in [5, 5.41) is 0. The van der Waals surface area contributed by atoms with E-state index in [0.717, 1.165) is 12.8 Å². The number of hydrogen-bond acceptors (Lipinski definition) is 15. The first-order chi connectivity index (χ1) is 23.2. The molecule has 0 aromatic carbocycles. The minimum Gasteiger partial charge on any atom is -0.463 e. The van der Waals surface area contributed by atoms with Crippen LogP contribution in [0.4, 0.5) is 0 Å². The van der Waals surface area contributed by atoms with Crippen LogP contribution in [-0.4, -0.2) is 171 Å². The molecule has 0 spiro atoms. The summed E-state index contributed by atoms with van der Waals surface area (Å²) in [5.74, 6) is -0.383. The van der Waals surface area contributed by atoms with Gasteiger partial charge >= 0.3 is 11.9 Å². The van der Waals surface area contributed by atoms with E-state index in [0.29, 0.717) is 158 Å². The van der Waals surface area contributed by atoms with Crippen LogP contribution in [0, 0.1) is 0 Å². The maximum absolute atomic E-state index is 11.2. The highest BCUT2D eigenvalue weighted by Gasteiger charge is 2.01. The lowest BCUT2D eigenvalue weighted by Crippen LogP contribution is -2.16. The van der Waals surface area contributed by atoms with Crippen molar-refractivity contribution in [1.29, 1.82) is 0 Å². The lowest BCUT2D eigenvalue weighted by Gasteiger charge is -2.09. The van der Waals surface area contributed by atoms with Crippen molar-refractivity contribution in [3.05, 3.63) is 0 Å². The average molecular weight is 687 g/mol. The molecule has 280 valence electrons. The van der Waals surface area contributed by atoms with Crippen LogP contribution in [0.5, 0.6) is 0 Å². The molecular weight excluding hydrogens is 624 g/mol. The van der Waals surface area contributed by atoms with E-state index >= 15 is 0 Å². The molecule has 15 heteroatoms. The van der Waals surface area contributed by atoms with Crippen molar-refractivity contribution in [2.75, 3.05) is 159 Å². The second kappa shape index (κ2) is 40.7. The lowest BCUT2D eigenvalue weighted by molar-refractivity contribution is -0.146. The Hall–Kier alpha value is -1.50. The van der Waals surface area contributed by atoms with Gasteiger partial charge in [-0.15, -0.1) is 0 Å². The molecule has 47 heavy (non-hydrogen) atoms. The van der Waals surface area contributed by atoms with E-state index < -0.39 is 0 Å². The molecular formula is C32H62O15. The molecule has 0 heterocycles. The van der Waals surface area contributed by atoms with Crippen LogP contribution in [0.1, 0.15) is 39.5 Å². The molecule has 0 N–H and O–H groups in total. The zero-order chi connectivity index (χ0) is 34.1. The summed E-state index contributed by atoms with van der Waals surface area (Å²) >= 11 is 0. The Morgan fingerprint density at radius 1 is 0.277 bits per heavy atom. The number of ether oxygens (including phenoxy) is 13. The van der Waals surface area contributed by atoms with Gasteiger partial charge in [-0.3, -0.25) is 9.59 Å². The molecule has 0 aromatic heterocycles. The molecule has 0 aliphatic rings. The number of rotatable bonds is 40. The van der Waals surface area contributed by atoms with E-state index in [4.69, 9.17) is 61.6 Å². The zero-order valence-electron chi connectivity index (χ0n) is 28.9. The van der Waals surface area contributed by atoms with E-state index in [2.05, 4.69) is 0 Å². The van der Waals surface area contributed by atoms with Crippen molar-refractivity contribution in [2.24, 2.45) is 0 Å².